The Morgan fingerprint density at radius 3 is 2.67 bits per heavy atom. The first-order chi connectivity index (χ1) is 2.89. The number of aromatic nitrogens is 1. The summed E-state index contributed by atoms with van der Waals surface area (Å²) in [5.41, 5.74) is 0. The zero-order valence-corrected chi connectivity index (χ0v) is 6.61. The van der Waals surface area contributed by atoms with Crippen LogP contribution in [0.4, 0.5) is 0 Å². The van der Waals surface area contributed by atoms with Crippen LogP contribution in [0.2, 0.25) is 0 Å². The quantitative estimate of drug-likeness (QED) is 0.570. The molecule has 0 aliphatic carbocycles. The molecule has 1 rings (SSSR count). The molecule has 6 heavy (non-hydrogen) atoms. The van der Waals surface area contributed by atoms with E-state index in [9.17, 15) is 0 Å². The van der Waals surface area contributed by atoms with Crippen LogP contribution in [0.1, 0.15) is 0 Å². The fourth-order valence-electron chi connectivity index (χ4n) is 0.344. The van der Waals surface area contributed by atoms with Crippen LogP contribution in [-0.2, 0) is 0 Å². The van der Waals surface area contributed by atoms with E-state index in [1.807, 2.05) is 12.3 Å². The summed E-state index contributed by atoms with van der Waals surface area (Å²) in [4.78, 5) is 3.06. The van der Waals surface area contributed by atoms with Gasteiger partial charge in [-0.2, -0.15) is 0 Å². The molecule has 0 spiro atoms. The van der Waals surface area contributed by atoms with Gasteiger partial charge < -0.3 is 0 Å². The molecule has 0 bridgehead atoms. The number of H-pyrrole nitrogens is 1. The molecule has 0 fully saturated rings. The average Bonchev–Trinajstić information content (AvgIpc) is 1.86. The van der Waals surface area contributed by atoms with Gasteiger partial charge in [-0.3, -0.25) is 0 Å². The van der Waals surface area contributed by atoms with Crippen LogP contribution in [0.3, 0.4) is 0 Å². The molecule has 1 N–H and O–H groups in total. The van der Waals surface area contributed by atoms with Gasteiger partial charge in [0, 0.05) is 0 Å². The van der Waals surface area contributed by atoms with E-state index in [-0.39, 0.29) is 0 Å². The number of nitrogens with one attached hydrogen (secondary N) is 1. The van der Waals surface area contributed by atoms with Crippen LogP contribution in [0.15, 0.2) is 18.3 Å². The van der Waals surface area contributed by atoms with Crippen molar-refractivity contribution in [2.75, 3.05) is 0 Å². The summed E-state index contributed by atoms with van der Waals surface area (Å²) >= 11 is 1.20. The minimum absolute atomic E-state index is 1.20. The third-order valence-electron chi connectivity index (χ3n) is 0.622. The molecule has 0 aliphatic rings. The van der Waals surface area contributed by atoms with Crippen molar-refractivity contribution in [2.45, 2.75) is 0 Å². The van der Waals surface area contributed by atoms with Crippen LogP contribution < -0.4 is 3.45 Å². The zero-order chi connectivity index (χ0) is 4.41. The van der Waals surface area contributed by atoms with Gasteiger partial charge in [-0.15, -0.1) is 0 Å². The van der Waals surface area contributed by atoms with Crippen molar-refractivity contribution < 1.29 is 0 Å². The zero-order valence-electron chi connectivity index (χ0n) is 3.31. The molecule has 28 valence electrons. The maximum atomic E-state index is 3.06. The molecule has 0 saturated carbocycles. The molecule has 1 nitrogen and oxygen atoms in total. The van der Waals surface area contributed by atoms with Crippen molar-refractivity contribution in [3.8, 4) is 0 Å². The standard InChI is InChI=1S/C4H4N.In/c1-2-4-5-3-1;/h1-3,5H;. The maximum absolute atomic E-state index is 3.06. The average molecular weight is 181 g/mol. The van der Waals surface area contributed by atoms with Gasteiger partial charge >= 0.3 is 51.1 Å². The third kappa shape index (κ3) is 0.806. The number of hydrogen-bond donors (Lipinski definition) is 1. The van der Waals surface area contributed by atoms with E-state index in [4.69, 9.17) is 0 Å². The molecule has 2 radical (unpaired) electrons. The topological polar surface area (TPSA) is 15.8 Å². The normalized spacial score (nSPS) is 8.67. The molecule has 0 amide bonds. The Morgan fingerprint density at radius 1 is 1.67 bits per heavy atom. The first-order valence-corrected chi connectivity index (χ1v) is 3.43. The van der Waals surface area contributed by atoms with Gasteiger partial charge in [-0.1, -0.05) is 0 Å². The molecule has 0 saturated heterocycles. The first-order valence-electron chi connectivity index (χ1n) is 1.78. The summed E-state index contributed by atoms with van der Waals surface area (Å²) in [5, 5.41) is 0. The Morgan fingerprint density at radius 2 is 2.50 bits per heavy atom. The first kappa shape index (κ1) is 4.31. The molecular formula is C4H4InN. The van der Waals surface area contributed by atoms with Crippen molar-refractivity contribution in [1.29, 1.82) is 0 Å². The van der Waals surface area contributed by atoms with Gasteiger partial charge in [0.05, 0.1) is 0 Å². The SMILES string of the molecule is [In][c]1ccc[nH]1. The van der Waals surface area contributed by atoms with Crippen molar-refractivity contribution in [2.24, 2.45) is 0 Å². The van der Waals surface area contributed by atoms with Gasteiger partial charge in [0.2, 0.25) is 0 Å². The fraction of sp³-hybridized carbons (Fsp3) is 0. The van der Waals surface area contributed by atoms with Crippen molar-refractivity contribution >= 4 is 27.8 Å². The van der Waals surface area contributed by atoms with Crippen molar-refractivity contribution in [3.63, 3.8) is 0 Å². The second-order valence-electron chi connectivity index (χ2n) is 1.13. The molecule has 0 aromatic carbocycles. The Balaban J connectivity index is 3.05. The number of hydrogen-bond acceptors (Lipinski definition) is 0. The van der Waals surface area contributed by atoms with Crippen LogP contribution in [0.25, 0.3) is 0 Å². The van der Waals surface area contributed by atoms with Crippen molar-refractivity contribution in [1.82, 2.24) is 4.98 Å². The third-order valence-corrected chi connectivity index (χ3v) is 1.65. The van der Waals surface area contributed by atoms with E-state index in [1.54, 1.807) is 0 Å². The molecule has 2 heteroatoms. The molecule has 0 unspecified atom stereocenters. The van der Waals surface area contributed by atoms with E-state index < -0.39 is 0 Å². The number of aromatic amines is 1. The second-order valence-corrected chi connectivity index (χ2v) is 2.90. The summed E-state index contributed by atoms with van der Waals surface area (Å²) in [5.74, 6) is 0. The van der Waals surface area contributed by atoms with E-state index in [0.717, 1.165) is 0 Å². The predicted octanol–water partition coefficient (Wildman–Crippen LogP) is -0.191. The Hall–Kier alpha value is 0.150. The fourth-order valence-corrected chi connectivity index (χ4v) is 0.936. The minimum atomic E-state index is 1.20. The summed E-state index contributed by atoms with van der Waals surface area (Å²) in [7, 11) is 0. The van der Waals surface area contributed by atoms with Gasteiger partial charge in [0.25, 0.3) is 0 Å². The second kappa shape index (κ2) is 1.74. The molecule has 1 heterocycles. The number of rotatable bonds is 0. The molecule has 1 aromatic heterocycles. The molecular weight excluding hydrogens is 177 g/mol. The van der Waals surface area contributed by atoms with Gasteiger partial charge in [0.1, 0.15) is 0 Å². The van der Waals surface area contributed by atoms with Crippen LogP contribution in [-0.4, -0.2) is 29.4 Å². The Labute approximate surface area is 51.3 Å². The monoisotopic (exact) mass is 181 g/mol. The van der Waals surface area contributed by atoms with Gasteiger partial charge in [0.15, 0.2) is 0 Å². The van der Waals surface area contributed by atoms with E-state index >= 15 is 0 Å². The summed E-state index contributed by atoms with van der Waals surface area (Å²) in [6, 6.07) is 4.10. The van der Waals surface area contributed by atoms with Crippen LogP contribution in [0, 0.1) is 0 Å². The summed E-state index contributed by atoms with van der Waals surface area (Å²) in [6.45, 7) is 0. The van der Waals surface area contributed by atoms with Crippen LogP contribution >= 0.6 is 0 Å². The predicted molar refractivity (Wildman–Crippen MR) is 26.2 cm³/mol. The Bertz CT molecular complexity index is 111. The van der Waals surface area contributed by atoms with Gasteiger partial charge in [-0.25, -0.2) is 0 Å². The molecule has 1 aromatic rings. The van der Waals surface area contributed by atoms with Crippen LogP contribution in [0.5, 0.6) is 0 Å². The molecule has 0 atom stereocenters. The summed E-state index contributed by atoms with van der Waals surface area (Å²) < 4.78 is 1.35. The van der Waals surface area contributed by atoms with Gasteiger partial charge in [-0.05, 0) is 0 Å². The van der Waals surface area contributed by atoms with E-state index in [1.165, 1.54) is 27.8 Å². The summed E-state index contributed by atoms with van der Waals surface area (Å²) in [6.07, 6.45) is 1.94. The van der Waals surface area contributed by atoms with Crippen molar-refractivity contribution in [3.05, 3.63) is 18.3 Å². The Kier molecular flexibility index (Phi) is 1.25. The van der Waals surface area contributed by atoms with E-state index in [2.05, 4.69) is 11.1 Å². The van der Waals surface area contributed by atoms with E-state index in [0.29, 0.717) is 0 Å². The molecule has 0 aliphatic heterocycles.